The van der Waals surface area contributed by atoms with E-state index in [2.05, 4.69) is 9.97 Å². The maximum absolute atomic E-state index is 12.7. The molecule has 1 fully saturated rings. The minimum atomic E-state index is -0.824. The molecule has 126 valence electrons. The van der Waals surface area contributed by atoms with Gasteiger partial charge >= 0.3 is 5.97 Å². The highest BCUT2D eigenvalue weighted by atomic mass is 16.4. The maximum atomic E-state index is 12.7. The van der Waals surface area contributed by atoms with Crippen molar-refractivity contribution in [1.29, 1.82) is 0 Å². The van der Waals surface area contributed by atoms with Crippen LogP contribution >= 0.6 is 0 Å². The summed E-state index contributed by atoms with van der Waals surface area (Å²) >= 11 is 0. The quantitative estimate of drug-likeness (QED) is 0.883. The van der Waals surface area contributed by atoms with Gasteiger partial charge in [-0.1, -0.05) is 13.3 Å². The fraction of sp³-hybridized carbons (Fsp3) is 0.625. The Morgan fingerprint density at radius 2 is 2.09 bits per heavy atom. The highest BCUT2D eigenvalue weighted by molar-refractivity contribution is 5.95. The first kappa shape index (κ1) is 17.2. The molecule has 2 unspecified atom stereocenters. The lowest BCUT2D eigenvalue weighted by Gasteiger charge is -2.18. The molecule has 0 saturated carbocycles. The van der Waals surface area contributed by atoms with Gasteiger partial charge in [0.25, 0.3) is 5.91 Å². The van der Waals surface area contributed by atoms with Gasteiger partial charge in [-0.15, -0.1) is 0 Å². The van der Waals surface area contributed by atoms with E-state index in [0.717, 1.165) is 12.8 Å². The number of anilines is 1. The normalized spacial score (nSPS) is 20.6. The van der Waals surface area contributed by atoms with Crippen LogP contribution in [0.25, 0.3) is 0 Å². The molecule has 0 spiro atoms. The van der Waals surface area contributed by atoms with Crippen molar-refractivity contribution in [3.63, 3.8) is 0 Å². The Morgan fingerprint density at radius 1 is 1.39 bits per heavy atom. The van der Waals surface area contributed by atoms with Crippen LogP contribution in [-0.2, 0) is 4.79 Å². The van der Waals surface area contributed by atoms with Crippen molar-refractivity contribution in [2.24, 2.45) is 11.8 Å². The molecule has 2 heterocycles. The van der Waals surface area contributed by atoms with Gasteiger partial charge in [-0.3, -0.25) is 9.59 Å². The van der Waals surface area contributed by atoms with E-state index in [0.29, 0.717) is 23.8 Å². The molecular formula is C16H24N4O3. The molecule has 1 aromatic heterocycles. The summed E-state index contributed by atoms with van der Waals surface area (Å²) in [6.07, 6.45) is 3.26. The van der Waals surface area contributed by atoms with E-state index in [1.807, 2.05) is 21.0 Å². The number of likely N-dealkylation sites (tertiary alicyclic amines) is 1. The van der Waals surface area contributed by atoms with Gasteiger partial charge in [-0.2, -0.15) is 0 Å². The molecule has 1 aliphatic heterocycles. The topological polar surface area (TPSA) is 86.6 Å². The molecule has 0 aromatic carbocycles. The van der Waals surface area contributed by atoms with Crippen molar-refractivity contribution in [3.05, 3.63) is 17.5 Å². The zero-order valence-corrected chi connectivity index (χ0v) is 14.1. The number of hydrogen-bond donors (Lipinski definition) is 1. The average Bonchev–Trinajstić information content (AvgIpc) is 2.91. The zero-order valence-electron chi connectivity index (χ0n) is 14.1. The second-order valence-electron chi connectivity index (χ2n) is 6.27. The van der Waals surface area contributed by atoms with Crippen LogP contribution in [0.3, 0.4) is 0 Å². The highest BCUT2D eigenvalue weighted by Crippen LogP contribution is 2.29. The number of nitrogens with zero attached hydrogens (tertiary/aromatic N) is 4. The third kappa shape index (κ3) is 3.60. The third-order valence-corrected chi connectivity index (χ3v) is 4.30. The molecule has 7 nitrogen and oxygen atoms in total. The monoisotopic (exact) mass is 320 g/mol. The average molecular weight is 320 g/mol. The smallest absolute Gasteiger partial charge is 0.308 e. The lowest BCUT2D eigenvalue weighted by atomic mass is 9.92. The summed E-state index contributed by atoms with van der Waals surface area (Å²) in [6, 6.07) is 0. The van der Waals surface area contributed by atoms with Crippen LogP contribution in [0.1, 0.15) is 35.8 Å². The molecule has 1 saturated heterocycles. The molecule has 0 bridgehead atoms. The first-order valence-corrected chi connectivity index (χ1v) is 7.88. The third-order valence-electron chi connectivity index (χ3n) is 4.30. The largest absolute Gasteiger partial charge is 0.481 e. The first-order chi connectivity index (χ1) is 10.8. The van der Waals surface area contributed by atoms with Crippen LogP contribution in [0.4, 0.5) is 5.95 Å². The summed E-state index contributed by atoms with van der Waals surface area (Å²) in [5, 5.41) is 9.36. The van der Waals surface area contributed by atoms with Gasteiger partial charge in [0.1, 0.15) is 0 Å². The number of carboxylic acids is 1. The fourth-order valence-electron chi connectivity index (χ4n) is 3.03. The van der Waals surface area contributed by atoms with Crippen molar-refractivity contribution >= 4 is 17.8 Å². The Kier molecular flexibility index (Phi) is 5.18. The van der Waals surface area contributed by atoms with E-state index < -0.39 is 11.9 Å². The Morgan fingerprint density at radius 3 is 2.61 bits per heavy atom. The molecule has 1 amide bonds. The standard InChI is InChI=1S/C16H24N4O3/c1-5-6-11-8-20(9-13(11)15(22)23)14(21)12-7-17-16(19(3)4)18-10(12)2/h7,11,13H,5-6,8-9H2,1-4H3,(H,22,23). The van der Waals surface area contributed by atoms with Gasteiger partial charge in [-0.25, -0.2) is 9.97 Å². The predicted octanol–water partition coefficient (Wildman–Crippen LogP) is 1.42. The summed E-state index contributed by atoms with van der Waals surface area (Å²) in [5.74, 6) is -0.926. The lowest BCUT2D eigenvalue weighted by Crippen LogP contribution is -2.31. The van der Waals surface area contributed by atoms with Crippen molar-refractivity contribution < 1.29 is 14.7 Å². The molecule has 2 rings (SSSR count). The second-order valence-corrected chi connectivity index (χ2v) is 6.27. The van der Waals surface area contributed by atoms with Crippen molar-refractivity contribution in [1.82, 2.24) is 14.9 Å². The van der Waals surface area contributed by atoms with E-state index in [1.165, 1.54) is 6.20 Å². The number of carbonyl (C=O) groups is 2. The zero-order chi connectivity index (χ0) is 17.1. The molecule has 0 aliphatic carbocycles. The van der Waals surface area contributed by atoms with Crippen LogP contribution in [0.15, 0.2) is 6.20 Å². The SMILES string of the molecule is CCCC1CN(C(=O)c2cnc(N(C)C)nc2C)CC1C(=O)O. The van der Waals surface area contributed by atoms with Crippen LogP contribution in [-0.4, -0.2) is 59.0 Å². The van der Waals surface area contributed by atoms with Crippen LogP contribution in [0, 0.1) is 18.8 Å². The van der Waals surface area contributed by atoms with Crippen molar-refractivity contribution in [2.75, 3.05) is 32.1 Å². The van der Waals surface area contributed by atoms with E-state index in [1.54, 1.807) is 16.7 Å². The van der Waals surface area contributed by atoms with Gasteiger partial charge in [0.05, 0.1) is 17.2 Å². The molecule has 0 radical (unpaired) electrons. The number of carbonyl (C=O) groups excluding carboxylic acids is 1. The van der Waals surface area contributed by atoms with Gasteiger partial charge in [0, 0.05) is 33.4 Å². The van der Waals surface area contributed by atoms with E-state index in [9.17, 15) is 14.7 Å². The summed E-state index contributed by atoms with van der Waals surface area (Å²) in [7, 11) is 3.67. The Bertz CT molecular complexity index is 603. The number of aryl methyl sites for hydroxylation is 1. The van der Waals surface area contributed by atoms with Crippen LogP contribution in [0.2, 0.25) is 0 Å². The van der Waals surface area contributed by atoms with Gasteiger partial charge in [0.15, 0.2) is 0 Å². The number of carboxylic acid groups (broad SMARTS) is 1. The predicted molar refractivity (Wildman–Crippen MR) is 86.5 cm³/mol. The van der Waals surface area contributed by atoms with E-state index in [4.69, 9.17) is 0 Å². The lowest BCUT2D eigenvalue weighted by molar-refractivity contribution is -0.142. The molecule has 1 N–H and O–H groups in total. The van der Waals surface area contributed by atoms with Crippen LogP contribution < -0.4 is 4.90 Å². The Hall–Kier alpha value is -2.18. The molecule has 2 atom stereocenters. The Balaban J connectivity index is 2.19. The van der Waals surface area contributed by atoms with Crippen molar-refractivity contribution in [3.8, 4) is 0 Å². The van der Waals surface area contributed by atoms with Crippen molar-refractivity contribution in [2.45, 2.75) is 26.7 Å². The molecule has 1 aliphatic rings. The number of aliphatic carboxylic acids is 1. The minimum Gasteiger partial charge on any atom is -0.481 e. The molecule has 7 heteroatoms. The molecule has 23 heavy (non-hydrogen) atoms. The Labute approximate surface area is 136 Å². The summed E-state index contributed by atoms with van der Waals surface area (Å²) < 4.78 is 0. The second kappa shape index (κ2) is 6.93. The van der Waals surface area contributed by atoms with Crippen LogP contribution in [0.5, 0.6) is 0 Å². The van der Waals surface area contributed by atoms with Gasteiger partial charge in [-0.05, 0) is 19.3 Å². The number of hydrogen-bond acceptors (Lipinski definition) is 5. The summed E-state index contributed by atoms with van der Waals surface area (Å²) in [5.41, 5.74) is 1.05. The first-order valence-electron chi connectivity index (χ1n) is 7.88. The van der Waals surface area contributed by atoms with E-state index in [-0.39, 0.29) is 18.4 Å². The maximum Gasteiger partial charge on any atom is 0.308 e. The van der Waals surface area contributed by atoms with Gasteiger partial charge < -0.3 is 14.9 Å². The minimum absolute atomic E-state index is 0.0173. The highest BCUT2D eigenvalue weighted by Gasteiger charge is 2.39. The fourth-order valence-corrected chi connectivity index (χ4v) is 3.03. The summed E-state index contributed by atoms with van der Waals surface area (Å²) in [4.78, 5) is 36.0. The number of aromatic nitrogens is 2. The van der Waals surface area contributed by atoms with Gasteiger partial charge in [0.2, 0.25) is 5.95 Å². The summed E-state index contributed by atoms with van der Waals surface area (Å²) in [6.45, 7) is 4.55. The molecule has 1 aromatic rings. The van der Waals surface area contributed by atoms with E-state index >= 15 is 0 Å². The number of rotatable bonds is 5. The number of amides is 1. The molecular weight excluding hydrogens is 296 g/mol.